The fraction of sp³-hybridized carbons (Fsp3) is 0.440. The van der Waals surface area contributed by atoms with E-state index >= 15 is 0 Å². The molecular formula is C25H23B6N3O7S2. The zero-order valence-electron chi connectivity index (χ0n) is 23.8. The lowest BCUT2D eigenvalue weighted by Gasteiger charge is -2.56. The number of benzene rings is 1. The highest BCUT2D eigenvalue weighted by Gasteiger charge is 2.52. The number of hydrogen-bond donors (Lipinski definition) is 0. The third kappa shape index (κ3) is 5.71. The lowest BCUT2D eigenvalue weighted by atomic mass is 9.47. The minimum atomic E-state index is -3.79. The van der Waals surface area contributed by atoms with Crippen molar-refractivity contribution < 1.29 is 32.2 Å². The van der Waals surface area contributed by atoms with E-state index in [0.717, 1.165) is 4.90 Å². The lowest BCUT2D eigenvalue weighted by molar-refractivity contribution is -0.159. The van der Waals surface area contributed by atoms with Crippen molar-refractivity contribution in [2.75, 3.05) is 26.9 Å². The summed E-state index contributed by atoms with van der Waals surface area (Å²) in [7, 11) is 32.8. The fourth-order valence-electron chi connectivity index (χ4n) is 5.01. The van der Waals surface area contributed by atoms with Gasteiger partial charge in [0.15, 0.2) is 15.5 Å². The highest BCUT2D eigenvalue weighted by atomic mass is 32.2. The Bertz CT molecular complexity index is 1650. The topological polar surface area (TPSA) is 109 Å². The minimum Gasteiger partial charge on any atom is -0.495 e. The van der Waals surface area contributed by atoms with Gasteiger partial charge in [0.2, 0.25) is 0 Å². The molecule has 5 rings (SSSR count). The van der Waals surface area contributed by atoms with Gasteiger partial charge in [0.1, 0.15) is 28.5 Å². The molecule has 1 amide bonds. The molecule has 1 aromatic carbocycles. The Balaban J connectivity index is 1.71. The van der Waals surface area contributed by atoms with Crippen LogP contribution in [0.15, 0.2) is 33.9 Å². The maximum absolute atomic E-state index is 14.4. The number of sulfone groups is 1. The zero-order valence-corrected chi connectivity index (χ0v) is 25.4. The number of carbonyl (C=O) groups excluding carboxylic acids is 1. The van der Waals surface area contributed by atoms with Crippen LogP contribution >= 0.6 is 11.3 Å². The number of carbonyl (C=O) groups is 1. The van der Waals surface area contributed by atoms with Crippen LogP contribution in [0.25, 0.3) is 16.9 Å². The van der Waals surface area contributed by atoms with Crippen molar-refractivity contribution in [1.82, 2.24) is 14.7 Å². The van der Waals surface area contributed by atoms with E-state index in [4.69, 9.17) is 66.0 Å². The Morgan fingerprint density at radius 1 is 1.21 bits per heavy atom. The molecule has 12 radical (unpaired) electrons. The Labute approximate surface area is 262 Å². The molecule has 2 aliphatic heterocycles. The Hall–Kier alpha value is -2.54. The van der Waals surface area contributed by atoms with E-state index in [-0.39, 0.29) is 42.8 Å². The summed E-state index contributed by atoms with van der Waals surface area (Å²) in [6, 6.07) is 4.77. The first-order valence-corrected chi connectivity index (χ1v) is 15.5. The number of thiophene rings is 1. The summed E-state index contributed by atoms with van der Waals surface area (Å²) in [6.45, 7) is 2.60. The maximum atomic E-state index is 14.4. The Morgan fingerprint density at radius 3 is 2.42 bits per heavy atom. The third-order valence-electron chi connectivity index (χ3n) is 7.15. The predicted octanol–water partition coefficient (Wildman–Crippen LogP) is 0.145. The molecule has 0 spiro atoms. The molecular weight excluding hydrogens is 583 g/mol. The first kappa shape index (κ1) is 31.9. The molecule has 0 atom stereocenters. The molecule has 0 aliphatic carbocycles. The van der Waals surface area contributed by atoms with Crippen molar-refractivity contribution in [2.24, 2.45) is 0 Å². The first-order chi connectivity index (χ1) is 20.0. The molecule has 4 heterocycles. The average Bonchev–Trinajstić information content (AvgIpc) is 3.55. The molecule has 1 saturated heterocycles. The van der Waals surface area contributed by atoms with Crippen molar-refractivity contribution in [2.45, 2.75) is 46.7 Å². The van der Waals surface area contributed by atoms with Crippen LogP contribution in [-0.4, -0.2) is 124 Å². The summed E-state index contributed by atoms with van der Waals surface area (Å²) < 4.78 is 50.4. The monoisotopic (exact) mass is 607 g/mol. The standard InChI is InChI=1S/C25H23B6N3O7S2/c1-13(2)43(36,37)19-6-15-17(7-18(19)38-3)40-8-16-20(32-33(21(15)16)14-4-5-42-9-14)22(35)34(24(26,27)28)23(10-39-11-23)12-41-25(29,30)31/h4-7,9,13H,8,10-12H2,1-3H3. The van der Waals surface area contributed by atoms with Crippen molar-refractivity contribution in [3.63, 3.8) is 0 Å². The van der Waals surface area contributed by atoms with Crippen LogP contribution in [0.3, 0.4) is 0 Å². The number of rotatable bonds is 10. The second-order valence-corrected chi connectivity index (χ2v) is 14.1. The molecule has 10 nitrogen and oxygen atoms in total. The minimum absolute atomic E-state index is 0.0331. The van der Waals surface area contributed by atoms with E-state index in [9.17, 15) is 13.2 Å². The summed E-state index contributed by atoms with van der Waals surface area (Å²) >= 11 is 1.41. The van der Waals surface area contributed by atoms with Gasteiger partial charge < -0.3 is 23.8 Å². The van der Waals surface area contributed by atoms with Gasteiger partial charge in [0.05, 0.1) is 90.6 Å². The molecule has 43 heavy (non-hydrogen) atoms. The number of ether oxygens (including phenoxy) is 4. The Kier molecular flexibility index (Phi) is 8.24. The summed E-state index contributed by atoms with van der Waals surface area (Å²) in [4.78, 5) is 15.3. The van der Waals surface area contributed by atoms with Crippen molar-refractivity contribution in [3.8, 4) is 28.4 Å². The smallest absolute Gasteiger partial charge is 0.273 e. The zero-order chi connectivity index (χ0) is 31.5. The van der Waals surface area contributed by atoms with Gasteiger partial charge in [-0.2, -0.15) is 16.4 Å². The molecule has 0 unspecified atom stereocenters. The molecule has 18 heteroatoms. The quantitative estimate of drug-likeness (QED) is 0.300. The number of hydrogen-bond acceptors (Lipinski definition) is 9. The van der Waals surface area contributed by atoms with Gasteiger partial charge in [-0.25, -0.2) is 13.1 Å². The summed E-state index contributed by atoms with van der Waals surface area (Å²) in [5.41, 5.74) is 0.395. The predicted molar refractivity (Wildman–Crippen MR) is 166 cm³/mol. The summed E-state index contributed by atoms with van der Waals surface area (Å²) in [5, 5.41) is 3.34. The largest absolute Gasteiger partial charge is 0.495 e. The number of aromatic nitrogens is 2. The van der Waals surface area contributed by atoms with E-state index in [1.54, 1.807) is 19.9 Å². The molecule has 3 aromatic rings. The van der Waals surface area contributed by atoms with E-state index in [2.05, 4.69) is 5.10 Å². The van der Waals surface area contributed by atoms with E-state index in [1.807, 2.05) is 10.8 Å². The van der Waals surface area contributed by atoms with Gasteiger partial charge in [-0.1, -0.05) is 5.24 Å². The van der Waals surface area contributed by atoms with Gasteiger partial charge in [-0.05, 0) is 36.7 Å². The van der Waals surface area contributed by atoms with Gasteiger partial charge in [0.25, 0.3) is 5.91 Å². The van der Waals surface area contributed by atoms with Crippen molar-refractivity contribution in [1.29, 1.82) is 0 Å². The van der Waals surface area contributed by atoms with Gasteiger partial charge in [0, 0.05) is 22.6 Å². The van der Waals surface area contributed by atoms with Crippen molar-refractivity contribution in [3.05, 3.63) is 40.2 Å². The van der Waals surface area contributed by atoms with Crippen LogP contribution in [0.4, 0.5) is 0 Å². The van der Waals surface area contributed by atoms with Crippen LogP contribution in [0.5, 0.6) is 11.5 Å². The maximum Gasteiger partial charge on any atom is 0.273 e. The van der Waals surface area contributed by atoms with Gasteiger partial charge in [-0.3, -0.25) is 4.79 Å². The third-order valence-corrected chi connectivity index (χ3v) is 10.00. The van der Waals surface area contributed by atoms with E-state index in [1.165, 1.54) is 35.3 Å². The highest BCUT2D eigenvalue weighted by molar-refractivity contribution is 7.92. The molecule has 210 valence electrons. The van der Waals surface area contributed by atoms with Crippen LogP contribution in [-0.2, 0) is 25.9 Å². The van der Waals surface area contributed by atoms with E-state index < -0.39 is 37.1 Å². The lowest BCUT2D eigenvalue weighted by Crippen LogP contribution is -2.74. The second kappa shape index (κ2) is 11.1. The number of methoxy groups -OCH3 is 1. The van der Waals surface area contributed by atoms with Gasteiger partial charge >= 0.3 is 0 Å². The highest BCUT2D eigenvalue weighted by Crippen LogP contribution is 2.46. The van der Waals surface area contributed by atoms with Crippen LogP contribution in [0.1, 0.15) is 29.9 Å². The Morgan fingerprint density at radius 2 is 1.91 bits per heavy atom. The fourth-order valence-corrected chi connectivity index (χ4v) is 6.84. The second-order valence-electron chi connectivity index (χ2n) is 10.8. The number of amides is 1. The average molecular weight is 606 g/mol. The number of fused-ring (bicyclic) bond motifs is 3. The van der Waals surface area contributed by atoms with Crippen LogP contribution in [0.2, 0.25) is 0 Å². The number of nitrogens with zero attached hydrogens (tertiary/aromatic N) is 3. The van der Waals surface area contributed by atoms with Gasteiger partial charge in [-0.15, -0.1) is 0 Å². The first-order valence-electron chi connectivity index (χ1n) is 13.0. The molecule has 0 N–H and O–H groups in total. The molecule has 0 bridgehead atoms. The SMILES string of the molecule is [B]C([B])([B])OCC1(N(C(=O)c2nn(-c3ccsc3)c3c2COc2cc(OC)c(S(=O)(=O)C(C)C)cc2-3)C([B])([B])[B])COC1. The summed E-state index contributed by atoms with van der Waals surface area (Å²) in [6.07, 6.45) is 0. The summed E-state index contributed by atoms with van der Waals surface area (Å²) in [5.74, 6) is -0.300. The molecule has 2 aliphatic rings. The normalized spacial score (nSPS) is 16.1. The van der Waals surface area contributed by atoms with E-state index in [0.29, 0.717) is 28.3 Å². The van der Waals surface area contributed by atoms with Crippen LogP contribution in [0, 0.1) is 0 Å². The molecule has 1 fully saturated rings. The molecule has 2 aromatic heterocycles. The molecule has 0 saturated carbocycles. The van der Waals surface area contributed by atoms with Crippen LogP contribution < -0.4 is 9.47 Å². The van der Waals surface area contributed by atoms with Crippen molar-refractivity contribution >= 4 is 74.2 Å².